The van der Waals surface area contributed by atoms with Crippen LogP contribution in [0.3, 0.4) is 0 Å². The average Bonchev–Trinajstić information content (AvgIpc) is 2.61. The van der Waals surface area contributed by atoms with Crippen molar-refractivity contribution >= 4 is 21.6 Å². The van der Waals surface area contributed by atoms with Gasteiger partial charge in [-0.1, -0.05) is 12.1 Å². The molecule has 0 aliphatic rings. The molecule has 1 amide bonds. The third-order valence-electron chi connectivity index (χ3n) is 3.70. The van der Waals surface area contributed by atoms with E-state index < -0.39 is 22.0 Å². The minimum Gasteiger partial charge on any atom is -0.346 e. The van der Waals surface area contributed by atoms with Gasteiger partial charge in [-0.05, 0) is 49.7 Å². The molecule has 136 valence electrons. The van der Waals surface area contributed by atoms with Gasteiger partial charge >= 0.3 is 0 Å². The van der Waals surface area contributed by atoms with E-state index >= 15 is 0 Å². The monoisotopic (exact) mass is 375 g/mol. The summed E-state index contributed by atoms with van der Waals surface area (Å²) in [4.78, 5) is 12.5. The molecule has 1 atom stereocenters. The van der Waals surface area contributed by atoms with E-state index in [4.69, 9.17) is 5.26 Å². The third kappa shape index (κ3) is 5.04. The average molecular weight is 375 g/mol. The lowest BCUT2D eigenvalue weighted by atomic mass is 10.1. The van der Waals surface area contributed by atoms with Crippen molar-refractivity contribution in [1.29, 1.82) is 5.26 Å². The van der Waals surface area contributed by atoms with Crippen LogP contribution in [0.15, 0.2) is 42.5 Å². The Morgan fingerprint density at radius 2 is 1.88 bits per heavy atom. The van der Waals surface area contributed by atoms with Crippen molar-refractivity contribution in [3.63, 3.8) is 0 Å². The van der Waals surface area contributed by atoms with Gasteiger partial charge in [-0.15, -0.1) is 0 Å². The molecule has 0 bridgehead atoms. The van der Waals surface area contributed by atoms with E-state index in [0.29, 0.717) is 5.56 Å². The van der Waals surface area contributed by atoms with E-state index in [9.17, 15) is 17.6 Å². The van der Waals surface area contributed by atoms with Crippen LogP contribution in [0.1, 0.15) is 41.4 Å². The van der Waals surface area contributed by atoms with Crippen molar-refractivity contribution in [2.45, 2.75) is 19.9 Å². The number of nitriles is 1. The Kier molecular flexibility index (Phi) is 5.95. The number of benzene rings is 2. The minimum atomic E-state index is -3.54. The van der Waals surface area contributed by atoms with Gasteiger partial charge in [-0.3, -0.25) is 9.52 Å². The third-order valence-corrected chi connectivity index (χ3v) is 5.00. The fourth-order valence-electron chi connectivity index (χ4n) is 2.25. The van der Waals surface area contributed by atoms with E-state index in [1.54, 1.807) is 19.1 Å². The SMILES string of the molecule is CCS(=O)(=O)Nc1cc(C#N)cc(C(=O)N[C@H](C)c2ccc(F)cc2)c1. The highest BCUT2D eigenvalue weighted by Crippen LogP contribution is 2.18. The van der Waals surface area contributed by atoms with Gasteiger partial charge in [0.1, 0.15) is 5.82 Å². The molecule has 0 unspecified atom stereocenters. The minimum absolute atomic E-state index is 0.132. The Hall–Kier alpha value is -2.92. The lowest BCUT2D eigenvalue weighted by molar-refractivity contribution is 0.0940. The topological polar surface area (TPSA) is 99.1 Å². The summed E-state index contributed by atoms with van der Waals surface area (Å²) in [5.74, 6) is -0.981. The quantitative estimate of drug-likeness (QED) is 0.811. The summed E-state index contributed by atoms with van der Waals surface area (Å²) in [6.45, 7) is 3.22. The van der Waals surface area contributed by atoms with Gasteiger partial charge in [0.15, 0.2) is 0 Å². The first-order valence-corrected chi connectivity index (χ1v) is 9.51. The molecule has 0 radical (unpaired) electrons. The molecule has 0 fully saturated rings. The Morgan fingerprint density at radius 3 is 2.46 bits per heavy atom. The lowest BCUT2D eigenvalue weighted by Crippen LogP contribution is -2.27. The van der Waals surface area contributed by atoms with Crippen molar-refractivity contribution in [2.75, 3.05) is 10.5 Å². The molecule has 6 nitrogen and oxygen atoms in total. The van der Waals surface area contributed by atoms with Crippen LogP contribution in [-0.2, 0) is 10.0 Å². The first kappa shape index (κ1) is 19.4. The molecule has 0 spiro atoms. The molecule has 2 aromatic carbocycles. The number of rotatable bonds is 6. The summed E-state index contributed by atoms with van der Waals surface area (Å²) in [6, 6.07) is 11.3. The number of amides is 1. The molecular formula is C18H18FN3O3S. The van der Waals surface area contributed by atoms with Crippen LogP contribution in [0.5, 0.6) is 0 Å². The predicted molar refractivity (Wildman–Crippen MR) is 96.5 cm³/mol. The summed E-state index contributed by atoms with van der Waals surface area (Å²) in [6.07, 6.45) is 0. The summed E-state index contributed by atoms with van der Waals surface area (Å²) >= 11 is 0. The van der Waals surface area contributed by atoms with E-state index in [1.807, 2.05) is 6.07 Å². The number of anilines is 1. The molecule has 0 aliphatic carbocycles. The summed E-state index contributed by atoms with van der Waals surface area (Å²) < 4.78 is 38.8. The Balaban J connectivity index is 2.24. The van der Waals surface area contributed by atoms with Crippen LogP contribution in [-0.4, -0.2) is 20.1 Å². The van der Waals surface area contributed by atoms with Crippen molar-refractivity contribution in [3.05, 3.63) is 65.0 Å². The van der Waals surface area contributed by atoms with Gasteiger partial charge in [0, 0.05) is 5.56 Å². The Labute approximate surface area is 151 Å². The highest BCUT2D eigenvalue weighted by atomic mass is 32.2. The number of sulfonamides is 1. The van der Waals surface area contributed by atoms with Crippen molar-refractivity contribution < 1.29 is 17.6 Å². The Morgan fingerprint density at radius 1 is 1.23 bits per heavy atom. The number of carbonyl (C=O) groups is 1. The molecule has 0 aromatic heterocycles. The molecule has 0 aliphatic heterocycles. The molecule has 26 heavy (non-hydrogen) atoms. The van der Waals surface area contributed by atoms with Crippen LogP contribution < -0.4 is 10.0 Å². The maximum Gasteiger partial charge on any atom is 0.251 e. The molecule has 2 N–H and O–H groups in total. The number of nitrogens with one attached hydrogen (secondary N) is 2. The zero-order valence-corrected chi connectivity index (χ0v) is 15.1. The molecule has 2 aromatic rings. The zero-order chi connectivity index (χ0) is 19.3. The van der Waals surface area contributed by atoms with E-state index in [0.717, 1.165) is 0 Å². The van der Waals surface area contributed by atoms with Crippen LogP contribution >= 0.6 is 0 Å². The summed E-state index contributed by atoms with van der Waals surface area (Å²) in [5.41, 5.74) is 1.15. The number of hydrogen-bond acceptors (Lipinski definition) is 4. The van der Waals surface area contributed by atoms with Gasteiger partial charge in [-0.25, -0.2) is 12.8 Å². The van der Waals surface area contributed by atoms with Gasteiger partial charge in [-0.2, -0.15) is 5.26 Å². The molecule has 0 saturated carbocycles. The maximum absolute atomic E-state index is 13.0. The van der Waals surface area contributed by atoms with E-state index in [-0.39, 0.29) is 28.4 Å². The predicted octanol–water partition coefficient (Wildman–Crippen LogP) is 2.95. The second-order valence-electron chi connectivity index (χ2n) is 5.66. The van der Waals surface area contributed by atoms with E-state index in [2.05, 4.69) is 10.0 Å². The van der Waals surface area contributed by atoms with Crippen molar-refractivity contribution in [1.82, 2.24) is 5.32 Å². The molecule has 0 saturated heterocycles. The molecule has 0 heterocycles. The first-order chi connectivity index (χ1) is 12.2. The van der Waals surface area contributed by atoms with Gasteiger partial charge in [0.2, 0.25) is 10.0 Å². The Bertz CT molecular complexity index is 951. The number of carbonyl (C=O) groups excluding carboxylic acids is 1. The second-order valence-corrected chi connectivity index (χ2v) is 7.67. The normalized spacial score (nSPS) is 12.1. The lowest BCUT2D eigenvalue weighted by Gasteiger charge is -2.15. The van der Waals surface area contributed by atoms with Gasteiger partial charge in [0.05, 0.1) is 29.1 Å². The van der Waals surface area contributed by atoms with Gasteiger partial charge in [0.25, 0.3) is 5.91 Å². The number of halogens is 1. The fourth-order valence-corrected chi connectivity index (χ4v) is 2.87. The summed E-state index contributed by atoms with van der Waals surface area (Å²) in [5, 5.41) is 11.9. The highest BCUT2D eigenvalue weighted by molar-refractivity contribution is 7.92. The first-order valence-electron chi connectivity index (χ1n) is 7.86. The van der Waals surface area contributed by atoms with Crippen molar-refractivity contribution in [3.8, 4) is 6.07 Å². The number of hydrogen-bond donors (Lipinski definition) is 2. The van der Waals surface area contributed by atoms with Crippen molar-refractivity contribution in [2.24, 2.45) is 0 Å². The smallest absolute Gasteiger partial charge is 0.251 e. The van der Waals surface area contributed by atoms with Crippen LogP contribution in [0.2, 0.25) is 0 Å². The molecule has 2 rings (SSSR count). The number of nitrogens with zero attached hydrogens (tertiary/aromatic N) is 1. The standard InChI is InChI=1S/C18H18FN3O3S/c1-3-26(24,25)22-17-9-13(11-20)8-15(10-17)18(23)21-12(2)14-4-6-16(19)7-5-14/h4-10,12,22H,3H2,1-2H3,(H,21,23)/t12-/m1/s1. The highest BCUT2D eigenvalue weighted by Gasteiger charge is 2.15. The second kappa shape index (κ2) is 7.97. The zero-order valence-electron chi connectivity index (χ0n) is 14.3. The maximum atomic E-state index is 13.0. The van der Waals surface area contributed by atoms with Crippen LogP contribution in [0.25, 0.3) is 0 Å². The largest absolute Gasteiger partial charge is 0.346 e. The fraction of sp³-hybridized carbons (Fsp3) is 0.222. The van der Waals surface area contributed by atoms with Crippen LogP contribution in [0, 0.1) is 17.1 Å². The molecule has 8 heteroatoms. The summed E-state index contributed by atoms with van der Waals surface area (Å²) in [7, 11) is -3.54. The van der Waals surface area contributed by atoms with Crippen LogP contribution in [0.4, 0.5) is 10.1 Å². The van der Waals surface area contributed by atoms with Gasteiger partial charge < -0.3 is 5.32 Å². The van der Waals surface area contributed by atoms with E-state index in [1.165, 1.54) is 37.3 Å². The molecular weight excluding hydrogens is 357 g/mol.